The molecule has 0 amide bonds. The molecule has 6 heteroatoms. The van der Waals surface area contributed by atoms with E-state index in [9.17, 15) is 13.2 Å². The maximum Gasteiger partial charge on any atom is 0.400 e. The Balaban J connectivity index is 2.41. The van der Waals surface area contributed by atoms with Gasteiger partial charge in [-0.3, -0.25) is 0 Å². The van der Waals surface area contributed by atoms with Crippen LogP contribution in [0.3, 0.4) is 0 Å². The van der Waals surface area contributed by atoms with Crippen LogP contribution in [-0.2, 0) is 4.74 Å². The van der Waals surface area contributed by atoms with Crippen molar-refractivity contribution < 1.29 is 17.9 Å². The monoisotopic (exact) mass is 241 g/mol. The van der Waals surface area contributed by atoms with Gasteiger partial charge in [-0.2, -0.15) is 13.2 Å². The van der Waals surface area contributed by atoms with E-state index in [2.05, 4.69) is 12.2 Å². The van der Waals surface area contributed by atoms with Crippen molar-refractivity contribution in [1.82, 2.24) is 0 Å². The summed E-state index contributed by atoms with van der Waals surface area (Å²) in [6, 6.07) is 0. The third-order valence-electron chi connectivity index (χ3n) is 2.54. The van der Waals surface area contributed by atoms with Gasteiger partial charge in [0.2, 0.25) is 0 Å². The molecule has 0 bridgehead atoms. The van der Waals surface area contributed by atoms with E-state index < -0.39 is 23.7 Å². The average Bonchev–Trinajstić information content (AvgIpc) is 2.53. The van der Waals surface area contributed by atoms with Crippen molar-refractivity contribution in [3.63, 3.8) is 0 Å². The highest BCUT2D eigenvalue weighted by Gasteiger charge is 2.42. The topological polar surface area (TPSA) is 35.2 Å². The van der Waals surface area contributed by atoms with Crippen molar-refractivity contribution in [2.75, 3.05) is 6.61 Å². The lowest BCUT2D eigenvalue weighted by Crippen LogP contribution is -2.38. The Morgan fingerprint density at radius 2 is 1.93 bits per heavy atom. The highest BCUT2D eigenvalue weighted by atomic mass is 32.1. The van der Waals surface area contributed by atoms with Crippen LogP contribution in [0.5, 0.6) is 0 Å². The van der Waals surface area contributed by atoms with Gasteiger partial charge in [0, 0.05) is 0 Å². The molecule has 15 heavy (non-hydrogen) atoms. The molecule has 1 atom stereocenters. The van der Waals surface area contributed by atoms with Crippen molar-refractivity contribution in [3.8, 4) is 0 Å². The number of thiocarbonyl (C=S) groups is 1. The zero-order chi connectivity index (χ0) is 11.5. The molecule has 0 saturated heterocycles. The second-order valence-electron chi connectivity index (χ2n) is 3.74. The first kappa shape index (κ1) is 12.7. The first-order valence-corrected chi connectivity index (χ1v) is 5.29. The van der Waals surface area contributed by atoms with Gasteiger partial charge < -0.3 is 10.5 Å². The van der Waals surface area contributed by atoms with E-state index in [1.165, 1.54) is 0 Å². The molecular formula is C9H14F3NOS. The van der Waals surface area contributed by atoms with Crippen molar-refractivity contribution in [2.45, 2.75) is 38.0 Å². The third-order valence-corrected chi connectivity index (χ3v) is 2.82. The Hall–Kier alpha value is -0.360. The molecule has 1 rings (SSSR count). The average molecular weight is 241 g/mol. The quantitative estimate of drug-likeness (QED) is 0.768. The van der Waals surface area contributed by atoms with E-state index in [1.807, 2.05) is 0 Å². The molecule has 2 N–H and O–H groups in total. The second kappa shape index (κ2) is 5.12. The summed E-state index contributed by atoms with van der Waals surface area (Å²) >= 11 is 4.38. The zero-order valence-corrected chi connectivity index (χ0v) is 9.03. The second-order valence-corrected chi connectivity index (χ2v) is 4.21. The molecule has 0 heterocycles. The summed E-state index contributed by atoms with van der Waals surface area (Å²) in [6.45, 7) is -0.441. The van der Waals surface area contributed by atoms with Gasteiger partial charge in [0.05, 0.1) is 17.7 Å². The Morgan fingerprint density at radius 3 is 2.33 bits per heavy atom. The van der Waals surface area contributed by atoms with E-state index in [1.54, 1.807) is 0 Å². The molecule has 0 aromatic heterocycles. The maximum atomic E-state index is 12.4. The maximum absolute atomic E-state index is 12.4. The predicted octanol–water partition coefficient (Wildman–Crippen LogP) is 2.41. The van der Waals surface area contributed by atoms with E-state index >= 15 is 0 Å². The van der Waals surface area contributed by atoms with Crippen molar-refractivity contribution in [2.24, 2.45) is 11.7 Å². The normalized spacial score (nSPS) is 20.5. The number of rotatable bonds is 4. The summed E-state index contributed by atoms with van der Waals surface area (Å²) in [7, 11) is 0. The van der Waals surface area contributed by atoms with Crippen LogP contribution in [0.25, 0.3) is 0 Å². The molecular weight excluding hydrogens is 227 g/mol. The van der Waals surface area contributed by atoms with Crippen LogP contribution in [-0.4, -0.2) is 23.9 Å². The van der Waals surface area contributed by atoms with Gasteiger partial charge in [0.15, 0.2) is 0 Å². The van der Waals surface area contributed by atoms with E-state index in [0.29, 0.717) is 0 Å². The van der Waals surface area contributed by atoms with Gasteiger partial charge in [-0.15, -0.1) is 0 Å². The van der Waals surface area contributed by atoms with Gasteiger partial charge in [-0.1, -0.05) is 25.1 Å². The minimum Gasteiger partial charge on any atom is -0.393 e. The van der Waals surface area contributed by atoms with Gasteiger partial charge >= 0.3 is 6.18 Å². The highest BCUT2D eigenvalue weighted by molar-refractivity contribution is 7.80. The van der Waals surface area contributed by atoms with E-state index in [4.69, 9.17) is 10.5 Å². The van der Waals surface area contributed by atoms with Crippen LogP contribution < -0.4 is 5.73 Å². The lowest BCUT2D eigenvalue weighted by atomic mass is 10.1. The summed E-state index contributed by atoms with van der Waals surface area (Å²) in [5.74, 6) is -1.81. The number of nitrogens with two attached hydrogens (primary N) is 1. The first-order valence-electron chi connectivity index (χ1n) is 4.89. The lowest BCUT2D eigenvalue weighted by molar-refractivity contribution is -0.171. The molecule has 1 aliphatic carbocycles. The number of ether oxygens (including phenoxy) is 1. The molecule has 1 unspecified atom stereocenters. The van der Waals surface area contributed by atoms with Crippen LogP contribution in [0, 0.1) is 5.92 Å². The Labute approximate surface area is 92.0 Å². The van der Waals surface area contributed by atoms with Crippen molar-refractivity contribution in [1.29, 1.82) is 0 Å². The van der Waals surface area contributed by atoms with Gasteiger partial charge in [-0.05, 0) is 12.8 Å². The molecule has 0 spiro atoms. The fourth-order valence-electron chi connectivity index (χ4n) is 1.63. The molecule has 0 aromatic carbocycles. The Morgan fingerprint density at radius 1 is 1.40 bits per heavy atom. The number of hydrogen-bond acceptors (Lipinski definition) is 2. The number of halogens is 3. The van der Waals surface area contributed by atoms with Gasteiger partial charge in [0.1, 0.15) is 5.92 Å². The molecule has 0 aliphatic heterocycles. The van der Waals surface area contributed by atoms with Crippen LogP contribution in [0.1, 0.15) is 25.7 Å². The summed E-state index contributed by atoms with van der Waals surface area (Å²) < 4.78 is 42.4. The Bertz CT molecular complexity index is 226. The third kappa shape index (κ3) is 3.95. The van der Waals surface area contributed by atoms with Crippen LogP contribution in [0.4, 0.5) is 13.2 Å². The van der Waals surface area contributed by atoms with Crippen molar-refractivity contribution in [3.05, 3.63) is 0 Å². The highest BCUT2D eigenvalue weighted by Crippen LogP contribution is 2.29. The number of alkyl halides is 3. The summed E-state index contributed by atoms with van der Waals surface area (Å²) in [5, 5.41) is 0. The van der Waals surface area contributed by atoms with Crippen LogP contribution in [0.2, 0.25) is 0 Å². The Kier molecular flexibility index (Phi) is 4.33. The zero-order valence-electron chi connectivity index (χ0n) is 8.22. The van der Waals surface area contributed by atoms with Crippen LogP contribution in [0.15, 0.2) is 0 Å². The smallest absolute Gasteiger partial charge is 0.393 e. The van der Waals surface area contributed by atoms with E-state index in [-0.39, 0.29) is 6.10 Å². The number of hydrogen-bond donors (Lipinski definition) is 1. The molecule has 1 saturated carbocycles. The fourth-order valence-corrected chi connectivity index (χ4v) is 1.83. The summed E-state index contributed by atoms with van der Waals surface area (Å²) in [6.07, 6.45) is -0.735. The molecule has 0 aromatic rings. The molecule has 1 aliphatic rings. The van der Waals surface area contributed by atoms with Gasteiger partial charge in [0.25, 0.3) is 0 Å². The minimum atomic E-state index is -4.40. The molecule has 0 radical (unpaired) electrons. The minimum absolute atomic E-state index is 0.0517. The first-order chi connectivity index (χ1) is 6.91. The standard InChI is InChI=1S/C9H14F3NOS/c10-9(11,12)7(8(13)15)5-14-6-3-1-2-4-6/h6-7H,1-5H2,(H2,13,15). The lowest BCUT2D eigenvalue weighted by Gasteiger charge is -2.21. The predicted molar refractivity (Wildman–Crippen MR) is 54.5 cm³/mol. The molecule has 2 nitrogen and oxygen atoms in total. The van der Waals surface area contributed by atoms with E-state index in [0.717, 1.165) is 25.7 Å². The van der Waals surface area contributed by atoms with Crippen LogP contribution >= 0.6 is 12.2 Å². The SMILES string of the molecule is NC(=S)C(COC1CCCC1)C(F)(F)F. The molecule has 1 fully saturated rings. The summed E-state index contributed by atoms with van der Waals surface area (Å²) in [4.78, 5) is -0.541. The van der Waals surface area contributed by atoms with Gasteiger partial charge in [-0.25, -0.2) is 0 Å². The fraction of sp³-hybridized carbons (Fsp3) is 0.889. The van der Waals surface area contributed by atoms with Crippen molar-refractivity contribution >= 4 is 17.2 Å². The largest absolute Gasteiger partial charge is 0.400 e. The summed E-state index contributed by atoms with van der Waals surface area (Å²) in [5.41, 5.74) is 5.04. The molecule has 88 valence electrons.